The van der Waals surface area contributed by atoms with Gasteiger partial charge in [0.15, 0.2) is 0 Å². The third-order valence-corrected chi connectivity index (χ3v) is 3.70. The second-order valence-electron chi connectivity index (χ2n) is 5.19. The highest BCUT2D eigenvalue weighted by atomic mass is 35.5. The van der Waals surface area contributed by atoms with Crippen LogP contribution in [0.5, 0.6) is 11.5 Å². The van der Waals surface area contributed by atoms with Crippen LogP contribution in [-0.2, 0) is 4.79 Å². The molecule has 0 unspecified atom stereocenters. The fourth-order valence-corrected chi connectivity index (χ4v) is 2.36. The summed E-state index contributed by atoms with van der Waals surface area (Å²) in [6.45, 7) is 1.85. The summed E-state index contributed by atoms with van der Waals surface area (Å²) in [4.78, 5) is 13.3. The normalized spacial score (nSPS) is 11.2. The number of allylic oxidation sites excluding steroid dienone is 1. The minimum Gasteiger partial charge on any atom is -0.456 e. The van der Waals surface area contributed by atoms with E-state index in [1.165, 1.54) is 6.07 Å². The Kier molecular flexibility index (Phi) is 6.62. The molecule has 0 aliphatic rings. The maximum absolute atomic E-state index is 13.7. The number of anilines is 1. The van der Waals surface area contributed by atoms with Crippen LogP contribution in [0.25, 0.3) is 0 Å². The summed E-state index contributed by atoms with van der Waals surface area (Å²) in [7, 11) is 0. The van der Waals surface area contributed by atoms with E-state index < -0.39 is 10.5 Å². The smallest absolute Gasteiger partial charge is 0.336 e. The number of carbonyl (C=O) groups is 1. The molecule has 0 aliphatic heterocycles. The van der Waals surface area contributed by atoms with Gasteiger partial charge in [-0.05, 0) is 31.2 Å². The molecule has 0 spiro atoms. The van der Waals surface area contributed by atoms with Gasteiger partial charge in [-0.3, -0.25) is 4.79 Å². The van der Waals surface area contributed by atoms with Crippen molar-refractivity contribution >= 4 is 34.8 Å². The molecule has 2 aromatic rings. The highest BCUT2D eigenvalue weighted by molar-refractivity contribution is 6.57. The number of benzene rings is 2. The molecule has 1 amide bonds. The number of hydrogen-bond acceptors (Lipinski definition) is 3. The van der Waals surface area contributed by atoms with E-state index >= 15 is 0 Å². The van der Waals surface area contributed by atoms with Gasteiger partial charge in [0.05, 0.1) is 5.56 Å². The van der Waals surface area contributed by atoms with Crippen LogP contribution >= 0.6 is 23.2 Å². The second kappa shape index (κ2) is 8.70. The van der Waals surface area contributed by atoms with Crippen LogP contribution in [-0.4, -0.2) is 17.0 Å². The Hall–Kier alpha value is -2.55. The first kappa shape index (κ1) is 19.8. The van der Waals surface area contributed by atoms with Crippen molar-refractivity contribution in [3.05, 3.63) is 66.2 Å². The zero-order valence-electron chi connectivity index (χ0n) is 13.8. The summed E-state index contributed by atoms with van der Waals surface area (Å²) in [5.74, 6) is -0.362. The average molecular weight is 393 g/mol. The van der Waals surface area contributed by atoms with Crippen LogP contribution in [0.15, 0.2) is 60.7 Å². The maximum atomic E-state index is 13.7. The minimum absolute atomic E-state index is 0.0820. The molecular weight excluding hydrogens is 378 g/mol. The summed E-state index contributed by atoms with van der Waals surface area (Å²) < 4.78 is 16.4. The zero-order valence-corrected chi connectivity index (χ0v) is 15.3. The molecule has 0 atom stereocenters. The number of rotatable bonds is 6. The van der Waals surface area contributed by atoms with E-state index in [9.17, 15) is 9.18 Å². The Bertz CT molecular complexity index is 857. The molecule has 0 saturated heterocycles. The standard InChI is InChI=1S/C19H15Cl2FN2O2/c1-2-3-11-24(18(25)19(20,21)22)15-8-6-9-16(12-15)26-17-10-5-4-7-14(17)13-23/h2-10,12H,11H2,1H3. The number of halogens is 3. The average Bonchev–Trinajstić information content (AvgIpc) is 2.62. The highest BCUT2D eigenvalue weighted by Gasteiger charge is 2.37. The summed E-state index contributed by atoms with van der Waals surface area (Å²) >= 11 is 10.7. The predicted octanol–water partition coefficient (Wildman–Crippen LogP) is 5.36. The molecule has 26 heavy (non-hydrogen) atoms. The molecule has 0 radical (unpaired) electrons. The number of amides is 1. The number of alkyl halides is 3. The van der Waals surface area contributed by atoms with Crippen LogP contribution in [0.3, 0.4) is 0 Å². The third kappa shape index (κ3) is 4.98. The van der Waals surface area contributed by atoms with Gasteiger partial charge in [-0.1, -0.05) is 53.6 Å². The van der Waals surface area contributed by atoms with Gasteiger partial charge in [-0.25, -0.2) is 0 Å². The number of ether oxygens (including phenoxy) is 1. The lowest BCUT2D eigenvalue weighted by molar-refractivity contribution is -0.122. The summed E-state index contributed by atoms with van der Waals surface area (Å²) in [6, 6.07) is 15.2. The van der Waals surface area contributed by atoms with Crippen molar-refractivity contribution in [3.8, 4) is 17.6 Å². The second-order valence-corrected chi connectivity index (χ2v) is 6.43. The lowest BCUT2D eigenvalue weighted by Crippen LogP contribution is -2.40. The monoisotopic (exact) mass is 392 g/mol. The van der Waals surface area contributed by atoms with Crippen molar-refractivity contribution in [1.82, 2.24) is 0 Å². The first-order valence-corrected chi connectivity index (χ1v) is 8.39. The first-order chi connectivity index (χ1) is 12.4. The highest BCUT2D eigenvalue weighted by Crippen LogP contribution is 2.31. The molecule has 0 heterocycles. The van der Waals surface area contributed by atoms with Gasteiger partial charge >= 0.3 is 4.59 Å². The third-order valence-electron chi connectivity index (χ3n) is 3.38. The fraction of sp³-hybridized carbons (Fsp3) is 0.158. The van der Waals surface area contributed by atoms with Gasteiger partial charge in [-0.15, -0.1) is 0 Å². The van der Waals surface area contributed by atoms with Crippen molar-refractivity contribution < 1.29 is 13.9 Å². The Morgan fingerprint density at radius 2 is 2.04 bits per heavy atom. The number of nitriles is 1. The number of para-hydroxylation sites is 1. The molecule has 4 nitrogen and oxygen atoms in total. The van der Waals surface area contributed by atoms with Gasteiger partial charge in [0.2, 0.25) is 0 Å². The van der Waals surface area contributed by atoms with Crippen molar-refractivity contribution in [1.29, 1.82) is 5.26 Å². The van der Waals surface area contributed by atoms with E-state index in [0.29, 0.717) is 22.7 Å². The van der Waals surface area contributed by atoms with Crippen molar-refractivity contribution in [2.75, 3.05) is 11.4 Å². The summed E-state index contributed by atoms with van der Waals surface area (Å²) in [5, 5.41) is 9.14. The van der Waals surface area contributed by atoms with E-state index in [1.807, 2.05) is 6.07 Å². The number of nitrogens with zero attached hydrogens (tertiary/aromatic N) is 2. The Balaban J connectivity index is 2.36. The molecule has 0 aliphatic carbocycles. The first-order valence-electron chi connectivity index (χ1n) is 7.63. The zero-order chi connectivity index (χ0) is 19.2. The topological polar surface area (TPSA) is 53.3 Å². The van der Waals surface area contributed by atoms with Gasteiger partial charge in [-0.2, -0.15) is 9.65 Å². The van der Waals surface area contributed by atoms with Crippen molar-refractivity contribution in [3.63, 3.8) is 0 Å². The molecule has 0 saturated carbocycles. The molecule has 0 fully saturated rings. The maximum Gasteiger partial charge on any atom is 0.336 e. The molecule has 0 N–H and O–H groups in total. The van der Waals surface area contributed by atoms with Crippen LogP contribution < -0.4 is 9.64 Å². The van der Waals surface area contributed by atoms with E-state index in [-0.39, 0.29) is 6.54 Å². The fourth-order valence-electron chi connectivity index (χ4n) is 2.16. The quantitative estimate of drug-likeness (QED) is 0.490. The number of carbonyl (C=O) groups excluding carboxylic acids is 1. The van der Waals surface area contributed by atoms with E-state index in [4.69, 9.17) is 33.2 Å². The van der Waals surface area contributed by atoms with E-state index in [1.54, 1.807) is 61.5 Å². The van der Waals surface area contributed by atoms with Gasteiger partial charge in [0.25, 0.3) is 5.91 Å². The van der Waals surface area contributed by atoms with E-state index in [0.717, 1.165) is 4.90 Å². The minimum atomic E-state index is -3.05. The molecule has 2 aromatic carbocycles. The summed E-state index contributed by atoms with van der Waals surface area (Å²) in [5.41, 5.74) is 0.715. The predicted molar refractivity (Wildman–Crippen MR) is 100 cm³/mol. The largest absolute Gasteiger partial charge is 0.456 e. The van der Waals surface area contributed by atoms with E-state index in [2.05, 4.69) is 0 Å². The van der Waals surface area contributed by atoms with Gasteiger partial charge < -0.3 is 9.64 Å². The van der Waals surface area contributed by atoms with Crippen molar-refractivity contribution in [2.45, 2.75) is 11.5 Å². The van der Waals surface area contributed by atoms with Gasteiger partial charge in [0, 0.05) is 18.3 Å². The number of hydrogen-bond donors (Lipinski definition) is 0. The Morgan fingerprint density at radius 1 is 1.31 bits per heavy atom. The summed E-state index contributed by atoms with van der Waals surface area (Å²) in [6.07, 6.45) is 3.38. The molecular formula is C19H15Cl2FN2O2. The van der Waals surface area contributed by atoms with Gasteiger partial charge in [0.1, 0.15) is 17.6 Å². The molecule has 134 valence electrons. The Morgan fingerprint density at radius 3 is 2.69 bits per heavy atom. The molecule has 7 heteroatoms. The Labute approximate surface area is 161 Å². The molecule has 0 aromatic heterocycles. The molecule has 2 rings (SSSR count). The van der Waals surface area contributed by atoms with Crippen LogP contribution in [0, 0.1) is 11.3 Å². The lowest BCUT2D eigenvalue weighted by atomic mass is 10.2. The van der Waals surface area contributed by atoms with Crippen molar-refractivity contribution in [2.24, 2.45) is 0 Å². The van der Waals surface area contributed by atoms with Crippen LogP contribution in [0.2, 0.25) is 0 Å². The van der Waals surface area contributed by atoms with Crippen LogP contribution in [0.1, 0.15) is 12.5 Å². The lowest BCUT2D eigenvalue weighted by Gasteiger charge is -2.24. The molecule has 0 bridgehead atoms. The van der Waals surface area contributed by atoms with Crippen LogP contribution in [0.4, 0.5) is 10.1 Å². The SMILES string of the molecule is CC=CCN(C(=O)C(F)(Cl)Cl)c1cccc(Oc2ccccc2C#N)c1.